The van der Waals surface area contributed by atoms with Crippen LogP contribution in [0.5, 0.6) is 0 Å². The topological polar surface area (TPSA) is 33.3 Å². The van der Waals surface area contributed by atoms with Gasteiger partial charge in [-0.25, -0.2) is 0 Å². The summed E-state index contributed by atoms with van der Waals surface area (Å²) in [6.07, 6.45) is 7.61. The molecule has 0 radical (unpaired) electrons. The first-order valence-electron chi connectivity index (χ1n) is 7.07. The number of thiocarbonyl (C=S) groups is 1. The van der Waals surface area contributed by atoms with Crippen molar-refractivity contribution in [3.05, 3.63) is 0 Å². The van der Waals surface area contributed by atoms with Crippen molar-refractivity contribution in [3.8, 4) is 0 Å². The van der Waals surface area contributed by atoms with Crippen molar-refractivity contribution in [3.63, 3.8) is 0 Å². The van der Waals surface area contributed by atoms with Gasteiger partial charge in [-0.2, -0.15) is 0 Å². The first-order valence-corrected chi connectivity index (χ1v) is 7.48. The average molecular weight is 272 g/mol. The number of nitrogens with one attached hydrogen (secondary N) is 2. The third kappa shape index (κ3) is 6.55. The summed E-state index contributed by atoms with van der Waals surface area (Å²) in [5.74, 6) is 0. The fraction of sp³-hybridized carbons (Fsp3) is 0.929. The molecule has 0 amide bonds. The molecule has 1 aliphatic carbocycles. The van der Waals surface area contributed by atoms with Crippen LogP contribution in [0.25, 0.3) is 0 Å². The first kappa shape index (κ1) is 15.7. The standard InChI is InChI=1S/C14H28N2OS/c1-14(2,9-10-17-3)11-15-13(18)16-12-7-5-4-6-8-12/h12H,4-11H2,1-3H3,(H2,15,16,18). The van der Waals surface area contributed by atoms with Crippen LogP contribution in [0.1, 0.15) is 52.4 Å². The summed E-state index contributed by atoms with van der Waals surface area (Å²) in [5.41, 5.74) is 0.217. The molecule has 0 bridgehead atoms. The molecular formula is C14H28N2OS. The molecule has 1 saturated carbocycles. The predicted molar refractivity (Wildman–Crippen MR) is 80.9 cm³/mol. The van der Waals surface area contributed by atoms with Gasteiger partial charge in [0, 0.05) is 26.3 Å². The lowest BCUT2D eigenvalue weighted by molar-refractivity contribution is 0.153. The highest BCUT2D eigenvalue weighted by atomic mass is 32.1. The molecule has 1 fully saturated rings. The van der Waals surface area contributed by atoms with E-state index in [1.54, 1.807) is 7.11 Å². The van der Waals surface area contributed by atoms with Gasteiger partial charge in [0.25, 0.3) is 0 Å². The SMILES string of the molecule is COCCC(C)(C)CNC(=S)NC1CCCCC1. The minimum absolute atomic E-state index is 0.217. The third-order valence-corrected chi connectivity index (χ3v) is 3.91. The van der Waals surface area contributed by atoms with E-state index in [4.69, 9.17) is 17.0 Å². The lowest BCUT2D eigenvalue weighted by Gasteiger charge is -2.28. The van der Waals surface area contributed by atoms with Gasteiger partial charge in [0.1, 0.15) is 0 Å². The minimum Gasteiger partial charge on any atom is -0.385 e. The summed E-state index contributed by atoms with van der Waals surface area (Å²) < 4.78 is 5.13. The zero-order valence-corrected chi connectivity index (χ0v) is 12.9. The maximum atomic E-state index is 5.36. The Morgan fingerprint density at radius 3 is 2.56 bits per heavy atom. The molecule has 0 aromatic carbocycles. The largest absolute Gasteiger partial charge is 0.385 e. The van der Waals surface area contributed by atoms with E-state index < -0.39 is 0 Å². The number of ether oxygens (including phenoxy) is 1. The van der Waals surface area contributed by atoms with E-state index in [9.17, 15) is 0 Å². The van der Waals surface area contributed by atoms with E-state index >= 15 is 0 Å². The zero-order chi connectivity index (χ0) is 13.4. The van der Waals surface area contributed by atoms with Crippen LogP contribution < -0.4 is 10.6 Å². The van der Waals surface area contributed by atoms with Crippen molar-refractivity contribution >= 4 is 17.3 Å². The molecule has 0 aromatic rings. The first-order chi connectivity index (χ1) is 8.53. The minimum atomic E-state index is 0.217. The van der Waals surface area contributed by atoms with E-state index in [0.29, 0.717) is 6.04 Å². The quantitative estimate of drug-likeness (QED) is 0.729. The summed E-state index contributed by atoms with van der Waals surface area (Å²) in [5, 5.41) is 7.59. The fourth-order valence-electron chi connectivity index (χ4n) is 2.27. The molecular weight excluding hydrogens is 244 g/mol. The van der Waals surface area contributed by atoms with Crippen LogP contribution in [-0.4, -0.2) is 31.4 Å². The van der Waals surface area contributed by atoms with Crippen molar-refractivity contribution in [1.82, 2.24) is 10.6 Å². The summed E-state index contributed by atoms with van der Waals surface area (Å²) in [7, 11) is 1.75. The number of hydrogen-bond donors (Lipinski definition) is 2. The van der Waals surface area contributed by atoms with Gasteiger partial charge in [-0.05, 0) is 36.9 Å². The second-order valence-electron chi connectivity index (χ2n) is 6.07. The van der Waals surface area contributed by atoms with Gasteiger partial charge in [-0.1, -0.05) is 33.1 Å². The molecule has 4 heteroatoms. The van der Waals surface area contributed by atoms with Crippen molar-refractivity contribution in [2.45, 2.75) is 58.4 Å². The molecule has 1 rings (SSSR count). The Morgan fingerprint density at radius 1 is 1.28 bits per heavy atom. The van der Waals surface area contributed by atoms with Crippen LogP contribution in [-0.2, 0) is 4.74 Å². The Kier molecular flexibility index (Phi) is 6.94. The van der Waals surface area contributed by atoms with E-state index in [-0.39, 0.29) is 5.41 Å². The van der Waals surface area contributed by atoms with Crippen LogP contribution in [0.15, 0.2) is 0 Å². The Balaban J connectivity index is 2.19. The Morgan fingerprint density at radius 2 is 1.94 bits per heavy atom. The van der Waals surface area contributed by atoms with E-state index in [1.807, 2.05) is 0 Å². The lowest BCUT2D eigenvalue weighted by Crippen LogP contribution is -2.45. The molecule has 0 spiro atoms. The van der Waals surface area contributed by atoms with Gasteiger partial charge in [0.05, 0.1) is 0 Å². The Labute approximate surface area is 117 Å². The third-order valence-electron chi connectivity index (χ3n) is 3.65. The van der Waals surface area contributed by atoms with Gasteiger partial charge >= 0.3 is 0 Å². The van der Waals surface area contributed by atoms with Crippen LogP contribution in [0.2, 0.25) is 0 Å². The highest BCUT2D eigenvalue weighted by Gasteiger charge is 2.19. The van der Waals surface area contributed by atoms with Crippen LogP contribution in [0.3, 0.4) is 0 Å². The van der Waals surface area contributed by atoms with E-state index in [0.717, 1.165) is 24.7 Å². The number of hydrogen-bond acceptors (Lipinski definition) is 2. The van der Waals surface area contributed by atoms with Gasteiger partial charge in [-0.15, -0.1) is 0 Å². The Bertz CT molecular complexity index is 250. The molecule has 2 N–H and O–H groups in total. The maximum absolute atomic E-state index is 5.36. The van der Waals surface area contributed by atoms with Gasteiger partial charge < -0.3 is 15.4 Å². The molecule has 0 unspecified atom stereocenters. The summed E-state index contributed by atoms with van der Waals surface area (Å²) in [6, 6.07) is 0.584. The van der Waals surface area contributed by atoms with Gasteiger partial charge in [0.2, 0.25) is 0 Å². The van der Waals surface area contributed by atoms with E-state index in [1.165, 1.54) is 32.1 Å². The summed E-state index contributed by atoms with van der Waals surface area (Å²) in [4.78, 5) is 0. The van der Waals surface area contributed by atoms with Crippen LogP contribution >= 0.6 is 12.2 Å². The molecule has 0 saturated heterocycles. The molecule has 3 nitrogen and oxygen atoms in total. The second-order valence-corrected chi connectivity index (χ2v) is 6.48. The normalized spacial score (nSPS) is 17.5. The maximum Gasteiger partial charge on any atom is 0.166 e. The van der Waals surface area contributed by atoms with Crippen molar-refractivity contribution in [2.75, 3.05) is 20.3 Å². The van der Waals surface area contributed by atoms with Crippen molar-refractivity contribution < 1.29 is 4.74 Å². The average Bonchev–Trinajstić information content (AvgIpc) is 2.36. The molecule has 106 valence electrons. The summed E-state index contributed by atoms with van der Waals surface area (Å²) >= 11 is 5.36. The van der Waals surface area contributed by atoms with Crippen molar-refractivity contribution in [1.29, 1.82) is 0 Å². The highest BCUT2D eigenvalue weighted by molar-refractivity contribution is 7.80. The van der Waals surface area contributed by atoms with Gasteiger partial charge in [0.15, 0.2) is 5.11 Å². The van der Waals surface area contributed by atoms with Gasteiger partial charge in [-0.3, -0.25) is 0 Å². The molecule has 0 heterocycles. The van der Waals surface area contributed by atoms with E-state index in [2.05, 4.69) is 24.5 Å². The molecule has 0 aromatic heterocycles. The second kappa shape index (κ2) is 7.95. The monoisotopic (exact) mass is 272 g/mol. The number of methoxy groups -OCH3 is 1. The predicted octanol–water partition coefficient (Wildman–Crippen LogP) is 2.85. The van der Waals surface area contributed by atoms with Crippen LogP contribution in [0, 0.1) is 5.41 Å². The molecule has 18 heavy (non-hydrogen) atoms. The molecule has 1 aliphatic rings. The van der Waals surface area contributed by atoms with Crippen molar-refractivity contribution in [2.24, 2.45) is 5.41 Å². The number of rotatable bonds is 6. The Hall–Kier alpha value is -0.350. The van der Waals surface area contributed by atoms with Crippen LogP contribution in [0.4, 0.5) is 0 Å². The fourth-order valence-corrected chi connectivity index (χ4v) is 2.51. The zero-order valence-electron chi connectivity index (χ0n) is 12.1. The lowest BCUT2D eigenvalue weighted by atomic mass is 9.90. The molecule has 0 aliphatic heterocycles. The summed E-state index contributed by atoms with van der Waals surface area (Å²) in [6.45, 7) is 6.18. The smallest absolute Gasteiger partial charge is 0.166 e. The molecule has 0 atom stereocenters. The highest BCUT2D eigenvalue weighted by Crippen LogP contribution is 2.19.